The van der Waals surface area contributed by atoms with Gasteiger partial charge in [-0.25, -0.2) is 0 Å². The topological polar surface area (TPSA) is 8.17 Å². The van der Waals surface area contributed by atoms with Crippen LogP contribution in [-0.4, -0.2) is 4.57 Å². The van der Waals surface area contributed by atoms with Gasteiger partial charge < -0.3 is 9.47 Å². The number of hydrogen-bond acceptors (Lipinski definition) is 1. The molecule has 0 N–H and O–H groups in total. The Morgan fingerprint density at radius 2 is 0.971 bits per heavy atom. The third kappa shape index (κ3) is 2.83. The molecule has 0 atom stereocenters. The molecule has 0 amide bonds. The van der Waals surface area contributed by atoms with Crippen molar-refractivity contribution < 1.29 is 0 Å². The predicted molar refractivity (Wildman–Crippen MR) is 148 cm³/mol. The van der Waals surface area contributed by atoms with Crippen molar-refractivity contribution in [1.29, 1.82) is 0 Å². The molecule has 6 aromatic rings. The van der Waals surface area contributed by atoms with Gasteiger partial charge in [0, 0.05) is 27.6 Å². The smallest absolute Gasteiger partial charge is 0.0541 e. The summed E-state index contributed by atoms with van der Waals surface area (Å²) in [6.45, 7) is 4.66. The van der Waals surface area contributed by atoms with Crippen LogP contribution in [0.25, 0.3) is 27.5 Å². The highest BCUT2D eigenvalue weighted by atomic mass is 15.2. The van der Waals surface area contributed by atoms with Crippen LogP contribution in [0.5, 0.6) is 0 Å². The summed E-state index contributed by atoms with van der Waals surface area (Å²) in [5, 5.41) is 2.56. The van der Waals surface area contributed by atoms with E-state index in [1.54, 1.807) is 0 Å². The van der Waals surface area contributed by atoms with Crippen molar-refractivity contribution in [3.63, 3.8) is 0 Å². The molecule has 35 heavy (non-hydrogen) atoms. The van der Waals surface area contributed by atoms with Gasteiger partial charge in [0.05, 0.1) is 22.4 Å². The molecule has 0 bridgehead atoms. The maximum absolute atomic E-state index is 2.42. The molecule has 0 saturated carbocycles. The first kappa shape index (κ1) is 20.1. The summed E-state index contributed by atoms with van der Waals surface area (Å²) >= 11 is 0. The lowest BCUT2D eigenvalue weighted by atomic mass is 9.73. The van der Waals surface area contributed by atoms with E-state index in [-0.39, 0.29) is 5.41 Å². The SMILES string of the molecule is CC1(C)c2ccccc2N(c2cccc(-n3c4ccccc4c4ccccc43)c2)c2ccccc21. The van der Waals surface area contributed by atoms with Crippen molar-refractivity contribution >= 4 is 38.9 Å². The summed E-state index contributed by atoms with van der Waals surface area (Å²) in [5.74, 6) is 0. The molecule has 0 radical (unpaired) electrons. The minimum atomic E-state index is -0.0614. The Hall–Kier alpha value is -4.30. The van der Waals surface area contributed by atoms with Gasteiger partial charge in [-0.05, 0) is 53.6 Å². The number of benzene rings is 5. The summed E-state index contributed by atoms with van der Waals surface area (Å²) in [4.78, 5) is 2.42. The number of nitrogens with zero attached hydrogens (tertiary/aromatic N) is 2. The quantitative estimate of drug-likeness (QED) is 0.256. The summed E-state index contributed by atoms with van der Waals surface area (Å²) in [7, 11) is 0. The largest absolute Gasteiger partial charge is 0.310 e. The second kappa shape index (κ2) is 7.35. The average molecular weight is 451 g/mol. The van der Waals surface area contributed by atoms with Crippen LogP contribution in [0.2, 0.25) is 0 Å². The first-order valence-corrected chi connectivity index (χ1v) is 12.2. The average Bonchev–Trinajstić information content (AvgIpc) is 3.24. The van der Waals surface area contributed by atoms with E-state index >= 15 is 0 Å². The van der Waals surface area contributed by atoms with Gasteiger partial charge in [0.1, 0.15) is 0 Å². The first-order chi connectivity index (χ1) is 17.1. The van der Waals surface area contributed by atoms with Gasteiger partial charge in [0.15, 0.2) is 0 Å². The molecule has 2 heterocycles. The van der Waals surface area contributed by atoms with Crippen molar-refractivity contribution in [3.8, 4) is 5.69 Å². The fourth-order valence-electron chi connectivity index (χ4n) is 5.92. The van der Waals surface area contributed by atoms with E-state index in [1.165, 1.54) is 55.7 Å². The van der Waals surface area contributed by atoms with E-state index in [1.807, 2.05) is 0 Å². The molecule has 1 aromatic heterocycles. The van der Waals surface area contributed by atoms with Crippen LogP contribution in [0.15, 0.2) is 121 Å². The fourth-order valence-corrected chi connectivity index (χ4v) is 5.92. The third-order valence-corrected chi connectivity index (χ3v) is 7.56. The van der Waals surface area contributed by atoms with Gasteiger partial charge in [-0.15, -0.1) is 0 Å². The molecular formula is C33H26N2. The number of rotatable bonds is 2. The van der Waals surface area contributed by atoms with Crippen molar-refractivity contribution in [3.05, 3.63) is 132 Å². The van der Waals surface area contributed by atoms with E-state index in [0.717, 1.165) is 0 Å². The van der Waals surface area contributed by atoms with Crippen molar-refractivity contribution in [2.45, 2.75) is 19.3 Å². The first-order valence-electron chi connectivity index (χ1n) is 12.2. The normalized spacial score (nSPS) is 14.2. The maximum atomic E-state index is 2.42. The Labute approximate surface area is 205 Å². The minimum Gasteiger partial charge on any atom is -0.310 e. The van der Waals surface area contributed by atoms with Crippen LogP contribution in [0.1, 0.15) is 25.0 Å². The summed E-state index contributed by atoms with van der Waals surface area (Å²) in [6, 6.07) is 44.0. The van der Waals surface area contributed by atoms with Crippen LogP contribution in [0.3, 0.4) is 0 Å². The van der Waals surface area contributed by atoms with E-state index in [0.29, 0.717) is 0 Å². The third-order valence-electron chi connectivity index (χ3n) is 7.56. The second-order valence-corrected chi connectivity index (χ2v) is 9.88. The lowest BCUT2D eigenvalue weighted by Gasteiger charge is -2.42. The van der Waals surface area contributed by atoms with Gasteiger partial charge in [-0.3, -0.25) is 0 Å². The Kier molecular flexibility index (Phi) is 4.22. The van der Waals surface area contributed by atoms with Crippen LogP contribution in [-0.2, 0) is 5.41 Å². The highest BCUT2D eigenvalue weighted by molar-refractivity contribution is 6.09. The van der Waals surface area contributed by atoms with Crippen LogP contribution >= 0.6 is 0 Å². The molecule has 0 aliphatic carbocycles. The highest BCUT2D eigenvalue weighted by Gasteiger charge is 2.36. The predicted octanol–water partition coefficient (Wildman–Crippen LogP) is 8.89. The molecule has 0 unspecified atom stereocenters. The molecule has 2 heteroatoms. The summed E-state index contributed by atoms with van der Waals surface area (Å²) in [5.41, 5.74) is 9.92. The van der Waals surface area contributed by atoms with Gasteiger partial charge >= 0.3 is 0 Å². The summed E-state index contributed by atoms with van der Waals surface area (Å²) < 4.78 is 2.39. The fraction of sp³-hybridized carbons (Fsp3) is 0.0909. The molecule has 7 rings (SSSR count). The second-order valence-electron chi connectivity index (χ2n) is 9.88. The van der Waals surface area contributed by atoms with Gasteiger partial charge in [-0.1, -0.05) is 92.7 Å². The van der Waals surface area contributed by atoms with E-state index in [4.69, 9.17) is 0 Å². The van der Waals surface area contributed by atoms with Crippen LogP contribution in [0, 0.1) is 0 Å². The molecule has 0 fully saturated rings. The number of aromatic nitrogens is 1. The Balaban J connectivity index is 1.49. The van der Waals surface area contributed by atoms with Crippen LogP contribution in [0.4, 0.5) is 17.1 Å². The maximum Gasteiger partial charge on any atom is 0.0541 e. The zero-order valence-corrected chi connectivity index (χ0v) is 19.9. The standard InChI is InChI=1S/C33H26N2/c1-33(2)27-16-5-9-20-31(27)35(32-21-10-6-17-28(32)33)24-13-11-12-23(22-24)34-29-18-7-3-14-25(29)26-15-4-8-19-30(26)34/h3-22H,1-2H3. The molecule has 1 aliphatic rings. The molecule has 5 aromatic carbocycles. The zero-order valence-electron chi connectivity index (χ0n) is 19.9. The number of anilines is 3. The monoisotopic (exact) mass is 450 g/mol. The number of fused-ring (bicyclic) bond motifs is 5. The van der Waals surface area contributed by atoms with Crippen molar-refractivity contribution in [2.75, 3.05) is 4.90 Å². The lowest BCUT2D eigenvalue weighted by molar-refractivity contribution is 0.632. The lowest BCUT2D eigenvalue weighted by Crippen LogP contribution is -2.30. The molecule has 0 spiro atoms. The van der Waals surface area contributed by atoms with E-state index in [9.17, 15) is 0 Å². The van der Waals surface area contributed by atoms with Crippen molar-refractivity contribution in [1.82, 2.24) is 4.57 Å². The van der Waals surface area contributed by atoms with Crippen LogP contribution < -0.4 is 4.90 Å². The Morgan fingerprint density at radius 3 is 1.57 bits per heavy atom. The van der Waals surface area contributed by atoms with E-state index < -0.39 is 0 Å². The molecule has 2 nitrogen and oxygen atoms in total. The number of para-hydroxylation sites is 4. The van der Waals surface area contributed by atoms with Crippen molar-refractivity contribution in [2.24, 2.45) is 0 Å². The van der Waals surface area contributed by atoms with Gasteiger partial charge in [0.2, 0.25) is 0 Å². The molecule has 1 aliphatic heterocycles. The number of hydrogen-bond donors (Lipinski definition) is 0. The highest BCUT2D eigenvalue weighted by Crippen LogP contribution is 2.51. The Bertz CT molecular complexity index is 1630. The molecular weight excluding hydrogens is 424 g/mol. The van der Waals surface area contributed by atoms with Gasteiger partial charge in [-0.2, -0.15) is 0 Å². The van der Waals surface area contributed by atoms with Gasteiger partial charge in [0.25, 0.3) is 0 Å². The minimum absolute atomic E-state index is 0.0614. The molecule has 0 saturated heterocycles. The summed E-state index contributed by atoms with van der Waals surface area (Å²) in [6.07, 6.45) is 0. The zero-order chi connectivity index (χ0) is 23.6. The Morgan fingerprint density at radius 1 is 0.486 bits per heavy atom. The van der Waals surface area contributed by atoms with E-state index in [2.05, 4.69) is 145 Å². The molecule has 168 valence electrons.